The van der Waals surface area contributed by atoms with Gasteiger partial charge in [-0.25, -0.2) is 0 Å². The Kier molecular flexibility index (Phi) is 17.9. The first-order valence-electron chi connectivity index (χ1n) is 29.5. The molecule has 20 heteroatoms. The SMILES string of the molecule is C/C1=C\C=C\C2(C)C=C(CO)C(C)CC23OC([O-])C(C3=O)C(O)/C=C/C2(C)C=C(CO)C(C)CC23OC([O-])C(C3=O)C(O)/C(C)=C/C=C/C2C=C(CO)C(C)CC23OC([O-])C(C3=O)C(O)/C=C/C2(C)C=C(CO)C(C)CC23OC([O-])C(C3=O)C1O. The van der Waals surface area contributed by atoms with Crippen LogP contribution in [0.4, 0.5) is 0 Å². The van der Waals surface area contributed by atoms with Gasteiger partial charge in [-0.3, -0.25) is 19.2 Å². The van der Waals surface area contributed by atoms with Gasteiger partial charge in [0, 0.05) is 22.2 Å². The molecule has 4 saturated heterocycles. The first-order valence-corrected chi connectivity index (χ1v) is 29.5. The van der Waals surface area contributed by atoms with E-state index < -0.39 is 191 Å². The van der Waals surface area contributed by atoms with E-state index in [1.54, 1.807) is 58.9 Å². The van der Waals surface area contributed by atoms with Crippen molar-refractivity contribution in [1.82, 2.24) is 0 Å². The smallest absolute Gasteiger partial charge is 0.172 e. The number of allylic oxidation sites excluding steroid dienone is 4. The van der Waals surface area contributed by atoms with Gasteiger partial charge in [-0.05, 0) is 143 Å². The summed E-state index contributed by atoms with van der Waals surface area (Å²) in [6.45, 7) is 12.8. The van der Waals surface area contributed by atoms with Crippen LogP contribution in [-0.2, 0) is 38.1 Å². The molecule has 4 heterocycles. The number of ketones is 4. The molecule has 4 aliphatic heterocycles. The van der Waals surface area contributed by atoms with E-state index in [4.69, 9.17) is 18.9 Å². The van der Waals surface area contributed by atoms with E-state index in [0.717, 1.165) is 12.2 Å². The molecule has 0 aromatic carbocycles. The quantitative estimate of drug-likeness (QED) is 0.166. The number of ether oxygens (including phenoxy) is 4. The minimum atomic E-state index is -2.17. The maximum atomic E-state index is 15.1. The molecule has 0 amide bonds. The Bertz CT molecular complexity index is 3000. The van der Waals surface area contributed by atoms with Crippen LogP contribution in [-0.4, -0.2) is 162 Å². The molecule has 4 spiro atoms. The number of fused-ring (bicyclic) bond motifs is 4. The van der Waals surface area contributed by atoms with Crippen LogP contribution >= 0.6 is 0 Å². The van der Waals surface area contributed by atoms with Crippen LogP contribution in [0.1, 0.15) is 88.0 Å². The van der Waals surface area contributed by atoms with E-state index >= 15 is 14.4 Å². The van der Waals surface area contributed by atoms with E-state index in [1.165, 1.54) is 76.3 Å². The van der Waals surface area contributed by atoms with Crippen molar-refractivity contribution < 1.29 is 99.4 Å². The molecule has 85 heavy (non-hydrogen) atoms. The number of aliphatic hydroxyl groups is 8. The molecule has 8 N–H and O–H groups in total. The molecule has 0 aromatic heterocycles. The normalized spacial score (nSPS) is 50.7. The first kappa shape index (κ1) is 64.9. The summed E-state index contributed by atoms with van der Waals surface area (Å²) in [6.07, 6.45) is 3.57. The maximum Gasteiger partial charge on any atom is 0.172 e. The van der Waals surface area contributed by atoms with Crippen LogP contribution in [0.25, 0.3) is 0 Å². The average Bonchev–Trinajstić information content (AvgIpc) is 1.67. The third kappa shape index (κ3) is 10.2. The molecular formula is C65H82O20-4. The van der Waals surface area contributed by atoms with E-state index in [9.17, 15) is 66.1 Å². The number of Topliss-reactive ketones (excluding diaryl/α,β-unsaturated/α-hetero) is 4. The predicted octanol–water partition coefficient (Wildman–Crippen LogP) is -0.407. The lowest BCUT2D eigenvalue weighted by Crippen LogP contribution is -2.55. The second kappa shape index (κ2) is 23.4. The largest absolute Gasteiger partial charge is 0.830 e. The van der Waals surface area contributed by atoms with Gasteiger partial charge < -0.3 is 80.2 Å². The fraction of sp³-hybridized carbons (Fsp3) is 0.631. The monoisotopic (exact) mass is 1180 g/mol. The summed E-state index contributed by atoms with van der Waals surface area (Å²) >= 11 is 0. The first-order chi connectivity index (χ1) is 39.8. The Morgan fingerprint density at radius 2 is 0.800 bits per heavy atom. The molecule has 0 aromatic rings. The van der Waals surface area contributed by atoms with Gasteiger partial charge in [-0.2, -0.15) is 0 Å². The van der Waals surface area contributed by atoms with E-state index in [-0.39, 0.29) is 36.8 Å². The summed E-state index contributed by atoms with van der Waals surface area (Å²) in [7, 11) is 0. The van der Waals surface area contributed by atoms with Crippen LogP contribution in [0.3, 0.4) is 0 Å². The number of carbonyl (C=O) groups excluding carboxylic acids is 4. The second-order valence-corrected chi connectivity index (χ2v) is 26.4. The number of carbonyl (C=O) groups is 4. The Balaban J connectivity index is 1.17. The fourth-order valence-corrected chi connectivity index (χ4v) is 15.6. The molecule has 466 valence electrons. The van der Waals surface area contributed by atoms with Crippen molar-refractivity contribution in [1.29, 1.82) is 0 Å². The zero-order valence-corrected chi connectivity index (χ0v) is 49.5. The maximum absolute atomic E-state index is 15.1. The Labute approximate surface area is 495 Å². The lowest BCUT2D eigenvalue weighted by Gasteiger charge is -2.48. The highest BCUT2D eigenvalue weighted by molar-refractivity contribution is 5.96. The zero-order chi connectivity index (χ0) is 62.5. The van der Waals surface area contributed by atoms with E-state index in [2.05, 4.69) is 0 Å². The minimum absolute atomic E-state index is 0.0975. The van der Waals surface area contributed by atoms with Crippen LogP contribution in [0.5, 0.6) is 0 Å². The molecule has 24 atom stereocenters. The van der Waals surface area contributed by atoms with Crippen LogP contribution in [0, 0.1) is 69.5 Å². The van der Waals surface area contributed by atoms with Gasteiger partial charge in [-0.1, -0.05) is 113 Å². The number of hydrogen-bond acceptors (Lipinski definition) is 20. The van der Waals surface area contributed by atoms with Crippen molar-refractivity contribution in [3.63, 3.8) is 0 Å². The Morgan fingerprint density at radius 3 is 1.21 bits per heavy atom. The van der Waals surface area contributed by atoms with Gasteiger partial charge in [0.15, 0.2) is 23.1 Å². The average molecular weight is 1180 g/mol. The van der Waals surface area contributed by atoms with E-state index in [1.807, 2.05) is 0 Å². The lowest BCUT2D eigenvalue weighted by atomic mass is 9.59. The molecule has 8 bridgehead atoms. The standard InChI is InChI=1S/C65H82O20/c1-32-12-10-14-42-20-38(28-66)34(3)21-62(42)51(74)45(55(78)82-62)43(70)15-18-60(8)26-40(30-68)37(6)24-65(60)54(77)48(58(81)85-65)50(73)33(2)13-11-17-59(7)25-39(29-67)35(4)22-63(59)52(75)46(56(79)83-63)44(71)16-19-61(9)27-41(31-69)36(5)23-64(61)53(76)47(49(32)72)57(80)84-64/h10-20,25-27,34-37,42-50,55-58,66-73H,21-24,28-31H2,1-9H3/q-4/b14-10+,17-11+,18-15+,19-16+,32-12+,33-13+. The zero-order valence-electron chi connectivity index (χ0n) is 49.5. The molecule has 0 saturated carbocycles. The summed E-state index contributed by atoms with van der Waals surface area (Å²) in [5, 5.41) is 147. The van der Waals surface area contributed by atoms with Gasteiger partial charge in [-0.15, -0.1) is 0 Å². The summed E-state index contributed by atoms with van der Waals surface area (Å²) in [5.74, 6) is -13.2. The van der Waals surface area contributed by atoms with Crippen molar-refractivity contribution in [2.45, 2.75) is 160 Å². The third-order valence-corrected chi connectivity index (χ3v) is 21.0. The van der Waals surface area contributed by atoms with Gasteiger partial charge >= 0.3 is 0 Å². The van der Waals surface area contributed by atoms with Gasteiger partial charge in [0.1, 0.15) is 22.4 Å². The molecule has 0 radical (unpaired) electrons. The molecule has 9 rings (SSSR count). The van der Waals surface area contributed by atoms with Crippen LogP contribution in [0.15, 0.2) is 119 Å². The van der Waals surface area contributed by atoms with E-state index in [0.29, 0.717) is 22.3 Å². The highest BCUT2D eigenvalue weighted by Gasteiger charge is 2.66. The lowest BCUT2D eigenvalue weighted by molar-refractivity contribution is -0.506. The Morgan fingerprint density at radius 1 is 0.459 bits per heavy atom. The minimum Gasteiger partial charge on any atom is -0.830 e. The molecule has 24 unspecified atom stereocenters. The molecule has 5 aliphatic carbocycles. The van der Waals surface area contributed by atoms with Crippen molar-refractivity contribution in [2.24, 2.45) is 69.5 Å². The third-order valence-electron chi connectivity index (χ3n) is 21.0. The second-order valence-electron chi connectivity index (χ2n) is 26.4. The van der Waals surface area contributed by atoms with Crippen molar-refractivity contribution in [3.8, 4) is 0 Å². The molecule has 4 fully saturated rings. The Hall–Kier alpha value is -4.56. The van der Waals surface area contributed by atoms with Crippen LogP contribution < -0.4 is 20.4 Å². The summed E-state index contributed by atoms with van der Waals surface area (Å²) in [6, 6.07) is 0. The van der Waals surface area contributed by atoms with Crippen molar-refractivity contribution in [2.75, 3.05) is 26.4 Å². The topological polar surface area (TPSA) is 359 Å². The molecule has 9 aliphatic rings. The summed E-state index contributed by atoms with van der Waals surface area (Å²) < 4.78 is 24.6. The van der Waals surface area contributed by atoms with Gasteiger partial charge in [0.05, 0.1) is 74.5 Å². The number of aliphatic hydroxyl groups excluding tert-OH is 8. The molecular weight excluding hydrogens is 1100 g/mol. The highest BCUT2D eigenvalue weighted by atomic mass is 16.6. The summed E-state index contributed by atoms with van der Waals surface area (Å²) in [4.78, 5) is 60.2. The number of hydrogen-bond donors (Lipinski definition) is 8. The van der Waals surface area contributed by atoms with Crippen molar-refractivity contribution >= 4 is 23.1 Å². The number of rotatable bonds is 4. The van der Waals surface area contributed by atoms with Crippen LogP contribution in [0.2, 0.25) is 0 Å². The van der Waals surface area contributed by atoms with Gasteiger partial charge in [0.25, 0.3) is 0 Å². The van der Waals surface area contributed by atoms with Gasteiger partial charge in [0.2, 0.25) is 0 Å². The predicted molar refractivity (Wildman–Crippen MR) is 296 cm³/mol. The highest BCUT2D eigenvalue weighted by Crippen LogP contribution is 2.58. The molecule has 20 nitrogen and oxygen atoms in total. The summed E-state index contributed by atoms with van der Waals surface area (Å²) in [5.41, 5.74) is -10.6. The fourth-order valence-electron chi connectivity index (χ4n) is 15.6. The van der Waals surface area contributed by atoms with Crippen molar-refractivity contribution in [3.05, 3.63) is 119 Å².